The standard InChI is InChI=1S/C10H12F2N2.C4H5IN2/c1-14-9(4-7-13-14)8-2-5-10(11,12)6-3-8;1-7-4(5)2-3-6-7/h2,4,7H,3,5-6H2,1H3;2-3H,1H3. The van der Waals surface area contributed by atoms with Crippen LogP contribution in [0.25, 0.3) is 5.57 Å². The fraction of sp³-hybridized carbons (Fsp3) is 0.429. The molecule has 21 heavy (non-hydrogen) atoms. The number of nitrogens with zero attached hydrogens (tertiary/aromatic N) is 4. The summed E-state index contributed by atoms with van der Waals surface area (Å²) in [5.41, 5.74) is 1.93. The van der Waals surface area contributed by atoms with Crippen molar-refractivity contribution in [3.63, 3.8) is 0 Å². The summed E-state index contributed by atoms with van der Waals surface area (Å²) in [6.45, 7) is 0. The van der Waals surface area contributed by atoms with E-state index in [0.29, 0.717) is 6.42 Å². The molecule has 0 unspecified atom stereocenters. The zero-order chi connectivity index (χ0) is 15.5. The number of aromatic nitrogens is 4. The van der Waals surface area contributed by atoms with Crippen LogP contribution in [0.1, 0.15) is 25.0 Å². The molecule has 0 radical (unpaired) electrons. The molecule has 0 amide bonds. The van der Waals surface area contributed by atoms with Gasteiger partial charge in [0, 0.05) is 33.1 Å². The van der Waals surface area contributed by atoms with Crippen LogP contribution in [-0.4, -0.2) is 25.5 Å². The molecule has 114 valence electrons. The molecule has 0 aromatic carbocycles. The smallest absolute Gasteiger partial charge is 0.251 e. The van der Waals surface area contributed by atoms with E-state index in [4.69, 9.17) is 0 Å². The normalized spacial score (nSPS) is 16.9. The summed E-state index contributed by atoms with van der Waals surface area (Å²) in [4.78, 5) is 0. The Balaban J connectivity index is 0.000000194. The summed E-state index contributed by atoms with van der Waals surface area (Å²) >= 11 is 2.22. The molecule has 2 heterocycles. The van der Waals surface area contributed by atoms with Crippen LogP contribution in [0.15, 0.2) is 30.6 Å². The van der Waals surface area contributed by atoms with Gasteiger partial charge in [-0.2, -0.15) is 10.2 Å². The second kappa shape index (κ2) is 6.67. The molecule has 3 rings (SSSR count). The summed E-state index contributed by atoms with van der Waals surface area (Å²) in [5, 5.41) is 7.94. The molecule has 0 bridgehead atoms. The average Bonchev–Trinajstić information content (AvgIpc) is 3.00. The minimum atomic E-state index is -2.51. The van der Waals surface area contributed by atoms with Gasteiger partial charge in [-0.25, -0.2) is 8.78 Å². The first-order valence-corrected chi connectivity index (χ1v) is 7.66. The number of aryl methyl sites for hydroxylation is 2. The third-order valence-corrected chi connectivity index (χ3v) is 4.38. The zero-order valence-corrected chi connectivity index (χ0v) is 14.1. The van der Waals surface area contributed by atoms with Gasteiger partial charge in [-0.05, 0) is 46.7 Å². The average molecular weight is 406 g/mol. The maximum atomic E-state index is 12.9. The van der Waals surface area contributed by atoms with Crippen molar-refractivity contribution in [2.75, 3.05) is 0 Å². The fourth-order valence-corrected chi connectivity index (χ4v) is 2.36. The van der Waals surface area contributed by atoms with Crippen molar-refractivity contribution in [3.8, 4) is 0 Å². The van der Waals surface area contributed by atoms with E-state index >= 15 is 0 Å². The molecule has 0 spiro atoms. The van der Waals surface area contributed by atoms with Crippen LogP contribution in [-0.2, 0) is 14.1 Å². The minimum Gasteiger partial charge on any atom is -0.268 e. The van der Waals surface area contributed by atoms with Gasteiger partial charge in [0.25, 0.3) is 5.92 Å². The van der Waals surface area contributed by atoms with Gasteiger partial charge in [0.15, 0.2) is 0 Å². The van der Waals surface area contributed by atoms with Crippen LogP contribution in [0.3, 0.4) is 0 Å². The van der Waals surface area contributed by atoms with Gasteiger partial charge in [0.2, 0.25) is 0 Å². The third kappa shape index (κ3) is 4.36. The Kier molecular flexibility index (Phi) is 5.13. The highest BCUT2D eigenvalue weighted by molar-refractivity contribution is 14.1. The van der Waals surface area contributed by atoms with Crippen molar-refractivity contribution in [3.05, 3.63) is 40.0 Å². The van der Waals surface area contributed by atoms with Crippen LogP contribution in [0.4, 0.5) is 8.78 Å². The molecule has 1 aliphatic rings. The van der Waals surface area contributed by atoms with Crippen molar-refractivity contribution >= 4 is 28.2 Å². The molecule has 0 fully saturated rings. The summed E-state index contributed by atoms with van der Waals surface area (Å²) in [6, 6.07) is 3.82. The molecular weight excluding hydrogens is 389 g/mol. The molecule has 0 saturated carbocycles. The summed E-state index contributed by atoms with van der Waals surface area (Å²) < 4.78 is 30.4. The van der Waals surface area contributed by atoms with E-state index in [0.717, 1.165) is 15.0 Å². The van der Waals surface area contributed by atoms with Crippen molar-refractivity contribution in [1.29, 1.82) is 0 Å². The first kappa shape index (κ1) is 16.1. The highest BCUT2D eigenvalue weighted by Gasteiger charge is 2.31. The predicted octanol–water partition coefficient (Wildman–Crippen LogP) is 3.65. The maximum Gasteiger partial charge on any atom is 0.251 e. The number of rotatable bonds is 1. The Morgan fingerprint density at radius 1 is 1.14 bits per heavy atom. The molecule has 0 saturated heterocycles. The highest BCUT2D eigenvalue weighted by atomic mass is 127. The largest absolute Gasteiger partial charge is 0.268 e. The van der Waals surface area contributed by atoms with Crippen molar-refractivity contribution < 1.29 is 8.78 Å². The number of halogens is 3. The number of hydrogen-bond acceptors (Lipinski definition) is 2. The molecular formula is C14H17F2IN4. The summed E-state index contributed by atoms with van der Waals surface area (Å²) in [7, 11) is 3.74. The zero-order valence-electron chi connectivity index (χ0n) is 11.9. The highest BCUT2D eigenvalue weighted by Crippen LogP contribution is 2.35. The van der Waals surface area contributed by atoms with Crippen LogP contribution in [0.5, 0.6) is 0 Å². The maximum absolute atomic E-state index is 12.9. The Labute approximate surface area is 136 Å². The molecule has 0 aliphatic heterocycles. The topological polar surface area (TPSA) is 35.6 Å². The van der Waals surface area contributed by atoms with E-state index in [1.54, 1.807) is 23.2 Å². The second-order valence-electron chi connectivity index (χ2n) is 4.91. The Morgan fingerprint density at radius 2 is 1.81 bits per heavy atom. The van der Waals surface area contributed by atoms with E-state index in [1.165, 1.54) is 0 Å². The number of hydrogen-bond donors (Lipinski definition) is 0. The van der Waals surface area contributed by atoms with Crippen LogP contribution >= 0.6 is 22.6 Å². The van der Waals surface area contributed by atoms with Gasteiger partial charge < -0.3 is 0 Å². The lowest BCUT2D eigenvalue weighted by Gasteiger charge is -2.21. The fourth-order valence-electron chi connectivity index (χ4n) is 2.07. The van der Waals surface area contributed by atoms with Gasteiger partial charge in [0.1, 0.15) is 0 Å². The van der Waals surface area contributed by atoms with Gasteiger partial charge in [-0.15, -0.1) is 0 Å². The van der Waals surface area contributed by atoms with Crippen LogP contribution in [0.2, 0.25) is 0 Å². The molecule has 4 nitrogen and oxygen atoms in total. The van der Waals surface area contributed by atoms with Crippen molar-refractivity contribution in [1.82, 2.24) is 19.6 Å². The molecule has 0 N–H and O–H groups in total. The first-order valence-electron chi connectivity index (χ1n) is 6.58. The molecule has 7 heteroatoms. The molecule has 0 atom stereocenters. The van der Waals surface area contributed by atoms with E-state index in [1.807, 2.05) is 30.9 Å². The summed E-state index contributed by atoms with van der Waals surface area (Å²) in [5.74, 6) is -2.51. The van der Waals surface area contributed by atoms with Gasteiger partial charge >= 0.3 is 0 Å². The Morgan fingerprint density at radius 3 is 2.19 bits per heavy atom. The molecule has 1 aliphatic carbocycles. The Hall–Kier alpha value is -1.25. The van der Waals surface area contributed by atoms with Gasteiger partial charge in [0.05, 0.1) is 15.6 Å². The lowest BCUT2D eigenvalue weighted by molar-refractivity contribution is -0.00608. The van der Waals surface area contributed by atoms with Gasteiger partial charge in [-0.3, -0.25) is 9.36 Å². The second-order valence-corrected chi connectivity index (χ2v) is 6.01. The van der Waals surface area contributed by atoms with Crippen molar-refractivity contribution in [2.45, 2.75) is 25.2 Å². The lowest BCUT2D eigenvalue weighted by Crippen LogP contribution is -2.18. The third-order valence-electron chi connectivity index (χ3n) is 3.32. The number of allylic oxidation sites excluding steroid dienone is 2. The Bertz CT molecular complexity index is 614. The molecule has 2 aromatic rings. The lowest BCUT2D eigenvalue weighted by atomic mass is 9.94. The first-order chi connectivity index (χ1) is 9.89. The van der Waals surface area contributed by atoms with E-state index in [-0.39, 0.29) is 12.8 Å². The SMILES string of the molecule is Cn1nccc1C1=CCC(F)(F)CC1.Cn1nccc1I. The van der Waals surface area contributed by atoms with Gasteiger partial charge in [-0.1, -0.05) is 6.08 Å². The van der Waals surface area contributed by atoms with Crippen LogP contribution < -0.4 is 0 Å². The number of alkyl halides is 2. The van der Waals surface area contributed by atoms with E-state index < -0.39 is 5.92 Å². The predicted molar refractivity (Wildman–Crippen MR) is 85.9 cm³/mol. The van der Waals surface area contributed by atoms with Crippen molar-refractivity contribution in [2.24, 2.45) is 14.1 Å². The van der Waals surface area contributed by atoms with E-state index in [2.05, 4.69) is 32.8 Å². The minimum absolute atomic E-state index is 0.0516. The van der Waals surface area contributed by atoms with E-state index in [9.17, 15) is 8.78 Å². The van der Waals surface area contributed by atoms with Crippen LogP contribution in [0, 0.1) is 3.70 Å². The quantitative estimate of drug-likeness (QED) is 0.678. The summed E-state index contributed by atoms with van der Waals surface area (Å²) in [6.07, 6.45) is 5.33. The molecule has 2 aromatic heterocycles. The monoisotopic (exact) mass is 406 g/mol.